The highest BCUT2D eigenvalue weighted by Crippen LogP contribution is 2.39. The Kier molecular flexibility index (Phi) is 6.30. The van der Waals surface area contributed by atoms with Crippen molar-refractivity contribution in [1.82, 2.24) is 4.90 Å². The van der Waals surface area contributed by atoms with Crippen LogP contribution >= 0.6 is 23.4 Å². The van der Waals surface area contributed by atoms with Crippen molar-refractivity contribution in [3.05, 3.63) is 111 Å². The molecule has 0 unspecified atom stereocenters. The highest BCUT2D eigenvalue weighted by molar-refractivity contribution is 8.03. The maximum absolute atomic E-state index is 13.5. The Bertz CT molecular complexity index is 1170. The van der Waals surface area contributed by atoms with Crippen LogP contribution in [0.2, 0.25) is 5.02 Å². The number of carbonyl (C=O) groups excluding carboxylic acids is 2. The fourth-order valence-electron chi connectivity index (χ4n) is 3.67. The van der Waals surface area contributed by atoms with Crippen LogP contribution in [0, 0.1) is 13.8 Å². The molecular formula is C26H22ClNO2S. The molecule has 31 heavy (non-hydrogen) atoms. The second-order valence-electron chi connectivity index (χ2n) is 7.62. The van der Waals surface area contributed by atoms with E-state index in [-0.39, 0.29) is 18.4 Å². The van der Waals surface area contributed by atoms with Crippen LogP contribution in [-0.2, 0) is 21.9 Å². The molecule has 5 heteroatoms. The molecule has 2 amide bonds. The first-order chi connectivity index (χ1) is 14.9. The van der Waals surface area contributed by atoms with Gasteiger partial charge in [-0.3, -0.25) is 14.5 Å². The third-order valence-electron chi connectivity index (χ3n) is 5.26. The number of benzene rings is 3. The molecule has 4 rings (SSSR count). The van der Waals surface area contributed by atoms with Crippen molar-refractivity contribution in [2.24, 2.45) is 0 Å². The Morgan fingerprint density at radius 1 is 0.839 bits per heavy atom. The van der Waals surface area contributed by atoms with Crippen molar-refractivity contribution < 1.29 is 9.59 Å². The monoisotopic (exact) mass is 447 g/mol. The standard InChI is InChI=1S/C26H22ClNO2S/c1-17-8-13-22(18(2)14-17)23-24(31-16-20-6-4-3-5-7-20)26(30)28(25(23)29)15-19-9-11-21(27)12-10-19/h3-14H,15-16H2,1-2H3. The fraction of sp³-hybridized carbons (Fsp3) is 0.154. The molecule has 0 saturated carbocycles. The van der Waals surface area contributed by atoms with E-state index in [0.717, 1.165) is 27.8 Å². The first-order valence-electron chi connectivity index (χ1n) is 10.0. The van der Waals surface area contributed by atoms with E-state index >= 15 is 0 Å². The number of halogens is 1. The lowest BCUT2D eigenvalue weighted by atomic mass is 9.99. The lowest BCUT2D eigenvalue weighted by Gasteiger charge is -2.15. The third kappa shape index (κ3) is 4.60. The minimum absolute atomic E-state index is 0.221. The van der Waals surface area contributed by atoms with Gasteiger partial charge in [0.25, 0.3) is 11.8 Å². The van der Waals surface area contributed by atoms with Gasteiger partial charge in [-0.15, -0.1) is 11.8 Å². The molecule has 1 aliphatic heterocycles. The van der Waals surface area contributed by atoms with Gasteiger partial charge in [0.2, 0.25) is 0 Å². The van der Waals surface area contributed by atoms with Crippen molar-refractivity contribution in [3.8, 4) is 0 Å². The second-order valence-corrected chi connectivity index (χ2v) is 9.04. The number of amides is 2. The van der Waals surface area contributed by atoms with Crippen LogP contribution in [0.25, 0.3) is 5.57 Å². The number of nitrogens with zero attached hydrogens (tertiary/aromatic N) is 1. The second kappa shape index (κ2) is 9.13. The van der Waals surface area contributed by atoms with Crippen molar-refractivity contribution in [2.75, 3.05) is 0 Å². The molecule has 0 saturated heterocycles. The number of hydrogen-bond acceptors (Lipinski definition) is 3. The Morgan fingerprint density at radius 2 is 1.55 bits per heavy atom. The van der Waals surface area contributed by atoms with E-state index in [1.165, 1.54) is 16.7 Å². The summed E-state index contributed by atoms with van der Waals surface area (Å²) < 4.78 is 0. The van der Waals surface area contributed by atoms with Gasteiger partial charge in [-0.05, 0) is 48.2 Å². The molecule has 1 heterocycles. The summed E-state index contributed by atoms with van der Waals surface area (Å²) in [5.41, 5.74) is 5.39. The highest BCUT2D eigenvalue weighted by Gasteiger charge is 2.39. The molecule has 0 fully saturated rings. The van der Waals surface area contributed by atoms with Gasteiger partial charge in [0.1, 0.15) is 0 Å². The van der Waals surface area contributed by atoms with Crippen LogP contribution in [0.1, 0.15) is 27.8 Å². The number of aryl methyl sites for hydroxylation is 2. The zero-order valence-corrected chi connectivity index (χ0v) is 19.0. The summed E-state index contributed by atoms with van der Waals surface area (Å²) in [6.07, 6.45) is 0. The normalized spacial score (nSPS) is 14.0. The molecule has 0 aromatic heterocycles. The lowest BCUT2D eigenvalue weighted by molar-refractivity contribution is -0.137. The van der Waals surface area contributed by atoms with E-state index in [1.807, 2.05) is 74.5 Å². The molecule has 0 radical (unpaired) electrons. The fourth-order valence-corrected chi connectivity index (χ4v) is 4.87. The predicted molar refractivity (Wildman–Crippen MR) is 128 cm³/mol. The molecule has 0 atom stereocenters. The Morgan fingerprint density at radius 3 is 2.23 bits per heavy atom. The van der Waals surface area contributed by atoms with Crippen molar-refractivity contribution >= 4 is 40.8 Å². The van der Waals surface area contributed by atoms with Crippen LogP contribution in [0.4, 0.5) is 0 Å². The molecule has 3 nitrogen and oxygen atoms in total. The molecule has 0 aliphatic carbocycles. The maximum Gasteiger partial charge on any atom is 0.268 e. The molecule has 0 spiro atoms. The number of imide groups is 1. The largest absolute Gasteiger partial charge is 0.269 e. The quantitative estimate of drug-likeness (QED) is 0.424. The summed E-state index contributed by atoms with van der Waals surface area (Å²) in [7, 11) is 0. The first kappa shape index (κ1) is 21.4. The zero-order valence-electron chi connectivity index (χ0n) is 17.4. The molecule has 0 bridgehead atoms. The van der Waals surface area contributed by atoms with Gasteiger partial charge in [0.15, 0.2) is 0 Å². The van der Waals surface area contributed by atoms with E-state index in [9.17, 15) is 9.59 Å². The minimum Gasteiger partial charge on any atom is -0.269 e. The Hall–Kier alpha value is -2.82. The van der Waals surface area contributed by atoms with Crippen molar-refractivity contribution in [2.45, 2.75) is 26.1 Å². The summed E-state index contributed by atoms with van der Waals surface area (Å²) in [5, 5.41) is 0.621. The van der Waals surface area contributed by atoms with Gasteiger partial charge >= 0.3 is 0 Å². The summed E-state index contributed by atoms with van der Waals surface area (Å²) in [6.45, 7) is 4.22. The SMILES string of the molecule is Cc1ccc(C2=C(SCc3ccccc3)C(=O)N(Cc3ccc(Cl)cc3)C2=O)c(C)c1. The topological polar surface area (TPSA) is 37.4 Å². The lowest BCUT2D eigenvalue weighted by Crippen LogP contribution is -2.31. The van der Waals surface area contributed by atoms with Gasteiger partial charge in [-0.25, -0.2) is 0 Å². The van der Waals surface area contributed by atoms with Crippen molar-refractivity contribution in [3.63, 3.8) is 0 Å². The zero-order chi connectivity index (χ0) is 22.0. The molecule has 156 valence electrons. The van der Waals surface area contributed by atoms with Crippen LogP contribution in [0.5, 0.6) is 0 Å². The molecule has 3 aromatic carbocycles. The van der Waals surface area contributed by atoms with Crippen LogP contribution in [0.15, 0.2) is 77.7 Å². The number of hydrogen-bond donors (Lipinski definition) is 0. The Labute approximate surface area is 191 Å². The van der Waals surface area contributed by atoms with Gasteiger partial charge < -0.3 is 0 Å². The molecule has 3 aromatic rings. The van der Waals surface area contributed by atoms with Gasteiger partial charge in [0.05, 0.1) is 17.0 Å². The van der Waals surface area contributed by atoms with E-state index < -0.39 is 0 Å². The minimum atomic E-state index is -0.248. The summed E-state index contributed by atoms with van der Waals surface area (Å²) in [5.74, 6) is 0.136. The summed E-state index contributed by atoms with van der Waals surface area (Å²) in [6, 6.07) is 23.2. The molecular weight excluding hydrogens is 426 g/mol. The average molecular weight is 448 g/mol. The Balaban J connectivity index is 1.70. The van der Waals surface area contributed by atoms with Gasteiger partial charge in [-0.1, -0.05) is 77.8 Å². The van der Waals surface area contributed by atoms with Gasteiger partial charge in [-0.2, -0.15) is 0 Å². The van der Waals surface area contributed by atoms with Crippen LogP contribution in [0.3, 0.4) is 0 Å². The van der Waals surface area contributed by atoms with Crippen LogP contribution < -0.4 is 0 Å². The first-order valence-corrected chi connectivity index (χ1v) is 11.4. The molecule has 0 N–H and O–H groups in total. The van der Waals surface area contributed by atoms with Crippen molar-refractivity contribution in [1.29, 1.82) is 0 Å². The summed E-state index contributed by atoms with van der Waals surface area (Å²) >= 11 is 7.41. The number of thioether (sulfide) groups is 1. The summed E-state index contributed by atoms with van der Waals surface area (Å²) in [4.78, 5) is 28.7. The predicted octanol–water partition coefficient (Wildman–Crippen LogP) is 6.17. The highest BCUT2D eigenvalue weighted by atomic mass is 35.5. The molecule has 1 aliphatic rings. The van der Waals surface area contributed by atoms with E-state index in [2.05, 4.69) is 0 Å². The van der Waals surface area contributed by atoms with E-state index in [0.29, 0.717) is 21.3 Å². The smallest absolute Gasteiger partial charge is 0.268 e. The average Bonchev–Trinajstić information content (AvgIpc) is 2.99. The third-order valence-corrected chi connectivity index (χ3v) is 6.65. The van der Waals surface area contributed by atoms with E-state index in [4.69, 9.17) is 11.6 Å². The van der Waals surface area contributed by atoms with E-state index in [1.54, 1.807) is 12.1 Å². The maximum atomic E-state index is 13.5. The van der Waals surface area contributed by atoms with Gasteiger partial charge in [0, 0.05) is 10.8 Å². The number of rotatable bonds is 6. The number of carbonyl (C=O) groups is 2. The van der Waals surface area contributed by atoms with Crippen LogP contribution in [-0.4, -0.2) is 16.7 Å².